The van der Waals surface area contributed by atoms with Gasteiger partial charge in [0.15, 0.2) is 0 Å². The van der Waals surface area contributed by atoms with Crippen LogP contribution >= 0.6 is 0 Å². The molecule has 4 heteroatoms. The Hall–Kier alpha value is -0.610. The van der Waals surface area contributed by atoms with Crippen molar-refractivity contribution in [3.8, 4) is 0 Å². The molecule has 106 valence electrons. The zero-order valence-corrected chi connectivity index (χ0v) is 12.1. The average Bonchev–Trinajstić information content (AvgIpc) is 2.23. The minimum atomic E-state index is -0.747. The Kier molecular flexibility index (Phi) is 5.60. The van der Waals surface area contributed by atoms with E-state index in [4.69, 9.17) is 9.84 Å². The average molecular weight is 257 g/mol. The van der Waals surface area contributed by atoms with E-state index >= 15 is 0 Å². The second-order valence-electron chi connectivity index (χ2n) is 6.31. The molecule has 0 aliphatic heterocycles. The van der Waals surface area contributed by atoms with Crippen molar-refractivity contribution in [3.63, 3.8) is 0 Å². The maximum atomic E-state index is 11.0. The van der Waals surface area contributed by atoms with Gasteiger partial charge in [-0.1, -0.05) is 20.8 Å². The van der Waals surface area contributed by atoms with E-state index < -0.39 is 5.97 Å². The third kappa shape index (κ3) is 4.58. The molecule has 1 saturated carbocycles. The van der Waals surface area contributed by atoms with E-state index in [-0.39, 0.29) is 6.54 Å². The first kappa shape index (κ1) is 15.4. The minimum Gasteiger partial charge on any atom is -0.480 e. The highest BCUT2D eigenvalue weighted by Gasteiger charge is 2.35. The Morgan fingerprint density at radius 2 is 2.17 bits per heavy atom. The lowest BCUT2D eigenvalue weighted by Gasteiger charge is -2.44. The van der Waals surface area contributed by atoms with Crippen LogP contribution in [0.4, 0.5) is 0 Å². The van der Waals surface area contributed by atoms with Gasteiger partial charge in [-0.15, -0.1) is 0 Å². The number of methoxy groups -OCH3 is 1. The number of carboxylic acids is 1. The van der Waals surface area contributed by atoms with E-state index in [0.717, 1.165) is 6.42 Å². The summed E-state index contributed by atoms with van der Waals surface area (Å²) in [4.78, 5) is 13.0. The van der Waals surface area contributed by atoms with Crippen LogP contribution in [0.3, 0.4) is 0 Å². The molecule has 0 amide bonds. The van der Waals surface area contributed by atoms with Gasteiger partial charge in [0.2, 0.25) is 0 Å². The third-order valence-corrected chi connectivity index (χ3v) is 4.04. The molecule has 0 aromatic rings. The quantitative estimate of drug-likeness (QED) is 0.793. The maximum Gasteiger partial charge on any atom is 0.317 e. The Morgan fingerprint density at radius 1 is 1.50 bits per heavy atom. The van der Waals surface area contributed by atoms with E-state index in [2.05, 4.69) is 25.7 Å². The first-order chi connectivity index (χ1) is 8.35. The summed E-state index contributed by atoms with van der Waals surface area (Å²) in [6.45, 7) is 8.27. The molecular formula is C14H27NO3. The Bertz CT molecular complexity index is 278. The van der Waals surface area contributed by atoms with E-state index in [1.165, 1.54) is 12.8 Å². The normalized spacial score (nSPS) is 27.4. The van der Waals surface area contributed by atoms with Gasteiger partial charge in [-0.3, -0.25) is 9.69 Å². The predicted octanol–water partition coefficient (Wildman–Crippen LogP) is 2.23. The number of nitrogens with zero attached hydrogens (tertiary/aromatic N) is 1. The fourth-order valence-electron chi connectivity index (χ4n) is 3.22. The van der Waals surface area contributed by atoms with Gasteiger partial charge in [-0.25, -0.2) is 0 Å². The molecule has 2 unspecified atom stereocenters. The van der Waals surface area contributed by atoms with Gasteiger partial charge < -0.3 is 9.84 Å². The molecular weight excluding hydrogens is 230 g/mol. The van der Waals surface area contributed by atoms with Crippen molar-refractivity contribution in [2.75, 3.05) is 26.8 Å². The standard InChI is InChI=1S/C14H27NO3/c1-11-9-14(2,3)6-5-12(11)15(7-8-18-4)10-13(16)17/h11-12H,5-10H2,1-4H3,(H,16,17). The van der Waals surface area contributed by atoms with Gasteiger partial charge in [-0.2, -0.15) is 0 Å². The second kappa shape index (κ2) is 6.53. The van der Waals surface area contributed by atoms with Crippen LogP contribution in [0.1, 0.15) is 40.0 Å². The number of carbonyl (C=O) groups is 1. The van der Waals surface area contributed by atoms with Crippen molar-refractivity contribution in [3.05, 3.63) is 0 Å². The van der Waals surface area contributed by atoms with Crippen LogP contribution in [0.5, 0.6) is 0 Å². The molecule has 0 heterocycles. The fraction of sp³-hybridized carbons (Fsp3) is 0.929. The van der Waals surface area contributed by atoms with Crippen LogP contribution in [0.15, 0.2) is 0 Å². The molecule has 1 N–H and O–H groups in total. The topological polar surface area (TPSA) is 49.8 Å². The molecule has 0 bridgehead atoms. The van der Waals surface area contributed by atoms with E-state index in [9.17, 15) is 4.79 Å². The van der Waals surface area contributed by atoms with Crippen molar-refractivity contribution in [2.24, 2.45) is 11.3 Å². The van der Waals surface area contributed by atoms with Crippen LogP contribution in [0, 0.1) is 11.3 Å². The van der Waals surface area contributed by atoms with Crippen molar-refractivity contribution in [1.82, 2.24) is 4.90 Å². The number of rotatable bonds is 6. The minimum absolute atomic E-state index is 0.124. The summed E-state index contributed by atoms with van der Waals surface area (Å²) in [6.07, 6.45) is 3.43. The first-order valence-corrected chi connectivity index (χ1v) is 6.80. The van der Waals surface area contributed by atoms with E-state index in [1.54, 1.807) is 7.11 Å². The van der Waals surface area contributed by atoms with Crippen LogP contribution in [0.25, 0.3) is 0 Å². The highest BCUT2D eigenvalue weighted by Crippen LogP contribution is 2.40. The number of hydrogen-bond acceptors (Lipinski definition) is 3. The maximum absolute atomic E-state index is 11.0. The van der Waals surface area contributed by atoms with Crippen molar-refractivity contribution < 1.29 is 14.6 Å². The first-order valence-electron chi connectivity index (χ1n) is 6.80. The van der Waals surface area contributed by atoms with E-state index in [0.29, 0.717) is 30.5 Å². The molecule has 2 atom stereocenters. The van der Waals surface area contributed by atoms with Gasteiger partial charge in [-0.05, 0) is 30.6 Å². The SMILES string of the molecule is COCCN(CC(=O)O)C1CCC(C)(C)CC1C. The van der Waals surface area contributed by atoms with Crippen LogP contribution in [0.2, 0.25) is 0 Å². The summed E-state index contributed by atoms with van der Waals surface area (Å²) in [7, 11) is 1.66. The monoisotopic (exact) mass is 257 g/mol. The van der Waals surface area contributed by atoms with Gasteiger partial charge in [0, 0.05) is 19.7 Å². The van der Waals surface area contributed by atoms with Crippen LogP contribution in [-0.4, -0.2) is 48.8 Å². The Labute approximate surface area is 110 Å². The highest BCUT2D eigenvalue weighted by atomic mass is 16.5. The molecule has 0 saturated heterocycles. The van der Waals surface area contributed by atoms with Crippen LogP contribution < -0.4 is 0 Å². The summed E-state index contributed by atoms with van der Waals surface area (Å²) < 4.78 is 5.09. The van der Waals surface area contributed by atoms with Crippen molar-refractivity contribution in [2.45, 2.75) is 46.1 Å². The van der Waals surface area contributed by atoms with Gasteiger partial charge in [0.25, 0.3) is 0 Å². The fourth-order valence-corrected chi connectivity index (χ4v) is 3.22. The van der Waals surface area contributed by atoms with Crippen molar-refractivity contribution >= 4 is 5.97 Å². The zero-order valence-electron chi connectivity index (χ0n) is 12.1. The third-order valence-electron chi connectivity index (χ3n) is 4.04. The Morgan fingerprint density at radius 3 is 2.67 bits per heavy atom. The van der Waals surface area contributed by atoms with Crippen molar-refractivity contribution in [1.29, 1.82) is 0 Å². The molecule has 0 aromatic carbocycles. The summed E-state index contributed by atoms with van der Waals surface area (Å²) in [5.74, 6) is -0.201. The molecule has 1 fully saturated rings. The molecule has 4 nitrogen and oxygen atoms in total. The number of hydrogen-bond donors (Lipinski definition) is 1. The summed E-state index contributed by atoms with van der Waals surface area (Å²) >= 11 is 0. The second-order valence-corrected chi connectivity index (χ2v) is 6.31. The summed E-state index contributed by atoms with van der Waals surface area (Å²) in [5, 5.41) is 9.02. The molecule has 1 aliphatic carbocycles. The summed E-state index contributed by atoms with van der Waals surface area (Å²) in [5.41, 5.74) is 0.395. The van der Waals surface area contributed by atoms with E-state index in [1.807, 2.05) is 0 Å². The smallest absolute Gasteiger partial charge is 0.317 e. The number of ether oxygens (including phenoxy) is 1. The molecule has 0 radical (unpaired) electrons. The molecule has 1 aliphatic rings. The molecule has 0 spiro atoms. The highest BCUT2D eigenvalue weighted by molar-refractivity contribution is 5.69. The Balaban J connectivity index is 2.64. The molecule has 1 rings (SSSR count). The van der Waals surface area contributed by atoms with Gasteiger partial charge in [0.05, 0.1) is 13.2 Å². The largest absolute Gasteiger partial charge is 0.480 e. The number of carboxylic acid groups (broad SMARTS) is 1. The van der Waals surface area contributed by atoms with Gasteiger partial charge in [0.1, 0.15) is 0 Å². The zero-order chi connectivity index (χ0) is 13.8. The van der Waals surface area contributed by atoms with Gasteiger partial charge >= 0.3 is 5.97 Å². The molecule has 0 aromatic heterocycles. The number of aliphatic carboxylic acids is 1. The lowest BCUT2D eigenvalue weighted by molar-refractivity contribution is -0.139. The lowest BCUT2D eigenvalue weighted by atomic mass is 9.70. The lowest BCUT2D eigenvalue weighted by Crippen LogP contribution is -2.48. The predicted molar refractivity (Wildman–Crippen MR) is 71.7 cm³/mol. The summed E-state index contributed by atoms with van der Waals surface area (Å²) in [6, 6.07) is 0.379. The molecule has 18 heavy (non-hydrogen) atoms. The van der Waals surface area contributed by atoms with Crippen LogP contribution in [-0.2, 0) is 9.53 Å².